The molecule has 0 aliphatic rings. The van der Waals surface area contributed by atoms with Crippen molar-refractivity contribution in [1.29, 1.82) is 5.26 Å². The van der Waals surface area contributed by atoms with Crippen LogP contribution in [0.2, 0.25) is 0 Å². The highest BCUT2D eigenvalue weighted by atomic mass is 16.2. The lowest BCUT2D eigenvalue weighted by Gasteiger charge is -2.13. The summed E-state index contributed by atoms with van der Waals surface area (Å²) in [5.74, 6) is -0.275. The van der Waals surface area contributed by atoms with E-state index in [4.69, 9.17) is 5.26 Å². The van der Waals surface area contributed by atoms with Gasteiger partial charge in [0.15, 0.2) is 0 Å². The molecule has 0 aliphatic carbocycles. The Morgan fingerprint density at radius 2 is 2.00 bits per heavy atom. The Balaban J connectivity index is 2.30. The van der Waals surface area contributed by atoms with Crippen molar-refractivity contribution in [3.05, 3.63) is 47.3 Å². The minimum atomic E-state index is -0.275. The smallest absolute Gasteiger partial charge is 0.273 e. The molecule has 0 aliphatic heterocycles. The summed E-state index contributed by atoms with van der Waals surface area (Å²) >= 11 is 0. The summed E-state index contributed by atoms with van der Waals surface area (Å²) in [4.78, 5) is 12.4. The van der Waals surface area contributed by atoms with E-state index in [1.807, 2.05) is 20.8 Å². The average molecular weight is 282 g/mol. The number of hydrogen-bond donors (Lipinski definition) is 1. The molecule has 5 heteroatoms. The molecule has 0 spiro atoms. The van der Waals surface area contributed by atoms with Gasteiger partial charge in [0, 0.05) is 12.5 Å². The van der Waals surface area contributed by atoms with E-state index in [1.165, 1.54) is 0 Å². The van der Waals surface area contributed by atoms with Gasteiger partial charge in [-0.2, -0.15) is 10.4 Å². The summed E-state index contributed by atoms with van der Waals surface area (Å²) < 4.78 is 1.56. The van der Waals surface area contributed by atoms with Crippen LogP contribution in [-0.4, -0.2) is 15.7 Å². The van der Waals surface area contributed by atoms with Crippen molar-refractivity contribution in [3.63, 3.8) is 0 Å². The van der Waals surface area contributed by atoms with E-state index in [9.17, 15) is 4.79 Å². The predicted molar refractivity (Wildman–Crippen MR) is 81.0 cm³/mol. The zero-order valence-corrected chi connectivity index (χ0v) is 12.6. The zero-order valence-electron chi connectivity index (χ0n) is 12.6. The number of amides is 1. The van der Waals surface area contributed by atoms with E-state index < -0.39 is 0 Å². The van der Waals surface area contributed by atoms with E-state index in [2.05, 4.69) is 16.5 Å². The van der Waals surface area contributed by atoms with Crippen LogP contribution in [0.1, 0.15) is 42.5 Å². The second-order valence-corrected chi connectivity index (χ2v) is 5.90. The first-order valence-electron chi connectivity index (χ1n) is 6.68. The van der Waals surface area contributed by atoms with Crippen LogP contribution in [0.25, 0.3) is 0 Å². The Morgan fingerprint density at radius 1 is 1.33 bits per heavy atom. The van der Waals surface area contributed by atoms with Gasteiger partial charge in [0.25, 0.3) is 5.91 Å². The summed E-state index contributed by atoms with van der Waals surface area (Å²) in [7, 11) is 1.74. The summed E-state index contributed by atoms with van der Waals surface area (Å²) in [6, 6.07) is 10.8. The third kappa shape index (κ3) is 3.11. The number of nitrogens with one attached hydrogen (secondary N) is 1. The minimum Gasteiger partial charge on any atom is -0.319 e. The molecule has 1 aromatic heterocycles. The summed E-state index contributed by atoms with van der Waals surface area (Å²) in [6.45, 7) is 6.13. The highest BCUT2D eigenvalue weighted by molar-refractivity contribution is 6.03. The summed E-state index contributed by atoms with van der Waals surface area (Å²) in [5.41, 5.74) is 2.13. The first kappa shape index (κ1) is 14.8. The largest absolute Gasteiger partial charge is 0.319 e. The van der Waals surface area contributed by atoms with Crippen LogP contribution in [0.5, 0.6) is 0 Å². The molecule has 21 heavy (non-hydrogen) atoms. The van der Waals surface area contributed by atoms with Gasteiger partial charge in [-0.15, -0.1) is 0 Å². The molecular weight excluding hydrogens is 264 g/mol. The molecule has 2 aromatic rings. The highest BCUT2D eigenvalue weighted by Crippen LogP contribution is 2.22. The maximum atomic E-state index is 12.4. The fourth-order valence-electron chi connectivity index (χ4n) is 1.92. The van der Waals surface area contributed by atoms with Gasteiger partial charge in [0.1, 0.15) is 11.8 Å². The van der Waals surface area contributed by atoms with Crippen LogP contribution in [0, 0.1) is 11.3 Å². The number of benzene rings is 1. The van der Waals surface area contributed by atoms with Crippen molar-refractivity contribution in [1.82, 2.24) is 9.78 Å². The van der Waals surface area contributed by atoms with Crippen LogP contribution in [-0.2, 0) is 12.5 Å². The molecule has 1 heterocycles. The van der Waals surface area contributed by atoms with Crippen molar-refractivity contribution in [3.8, 4) is 6.07 Å². The van der Waals surface area contributed by atoms with Gasteiger partial charge in [-0.05, 0) is 18.2 Å². The van der Waals surface area contributed by atoms with Crippen LogP contribution in [0.4, 0.5) is 5.69 Å². The average Bonchev–Trinajstić information content (AvgIpc) is 2.81. The van der Waals surface area contributed by atoms with Gasteiger partial charge < -0.3 is 5.32 Å². The number of nitriles is 1. The van der Waals surface area contributed by atoms with Crippen molar-refractivity contribution < 1.29 is 4.79 Å². The Bertz CT molecular complexity index is 717. The molecular formula is C16H18N4O. The molecule has 0 bridgehead atoms. The number of carbonyl (C=O) groups is 1. The third-order valence-electron chi connectivity index (χ3n) is 3.18. The van der Waals surface area contributed by atoms with Gasteiger partial charge in [-0.3, -0.25) is 9.48 Å². The van der Waals surface area contributed by atoms with E-state index in [1.54, 1.807) is 42.1 Å². The number of carbonyl (C=O) groups excluding carboxylic acids is 1. The van der Waals surface area contributed by atoms with E-state index in [-0.39, 0.29) is 11.3 Å². The number of anilines is 1. The lowest BCUT2D eigenvalue weighted by Crippen LogP contribution is -2.16. The normalized spacial score (nSPS) is 11.0. The minimum absolute atomic E-state index is 0.124. The molecule has 1 aromatic carbocycles. The maximum absolute atomic E-state index is 12.4. The summed E-state index contributed by atoms with van der Waals surface area (Å²) in [6.07, 6.45) is 0. The lowest BCUT2D eigenvalue weighted by atomic mass is 9.92. The molecule has 0 unspecified atom stereocenters. The van der Waals surface area contributed by atoms with Crippen molar-refractivity contribution in [2.75, 3.05) is 5.32 Å². The molecule has 0 radical (unpaired) electrons. The summed E-state index contributed by atoms with van der Waals surface area (Å²) in [5, 5.41) is 16.2. The lowest BCUT2D eigenvalue weighted by molar-refractivity contribution is 0.101. The molecule has 2 rings (SSSR count). The Kier molecular flexibility index (Phi) is 3.81. The molecule has 108 valence electrons. The van der Waals surface area contributed by atoms with Crippen molar-refractivity contribution >= 4 is 11.6 Å². The van der Waals surface area contributed by atoms with Gasteiger partial charge in [0.05, 0.1) is 16.9 Å². The number of rotatable bonds is 2. The quantitative estimate of drug-likeness (QED) is 0.920. The fraction of sp³-hybridized carbons (Fsp3) is 0.312. The molecule has 5 nitrogen and oxygen atoms in total. The Morgan fingerprint density at radius 3 is 2.57 bits per heavy atom. The predicted octanol–water partition coefficient (Wildman–Crippen LogP) is 2.84. The topological polar surface area (TPSA) is 70.7 Å². The monoisotopic (exact) mass is 282 g/mol. The number of para-hydroxylation sites is 1. The SMILES string of the molecule is Cn1nc(C(C)(C)C)cc1C(=O)Nc1ccccc1C#N. The van der Waals surface area contributed by atoms with Crippen LogP contribution < -0.4 is 5.32 Å². The maximum Gasteiger partial charge on any atom is 0.273 e. The first-order chi connectivity index (χ1) is 9.82. The Hall–Kier alpha value is -2.61. The van der Waals surface area contributed by atoms with Crippen LogP contribution >= 0.6 is 0 Å². The second-order valence-electron chi connectivity index (χ2n) is 5.90. The van der Waals surface area contributed by atoms with Gasteiger partial charge in [-0.1, -0.05) is 32.9 Å². The molecule has 0 saturated heterocycles. The van der Waals surface area contributed by atoms with E-state index >= 15 is 0 Å². The number of aryl methyl sites for hydroxylation is 1. The molecule has 0 fully saturated rings. The van der Waals surface area contributed by atoms with Crippen LogP contribution in [0.15, 0.2) is 30.3 Å². The Labute approximate surface area is 124 Å². The van der Waals surface area contributed by atoms with E-state index in [0.29, 0.717) is 16.9 Å². The van der Waals surface area contributed by atoms with Gasteiger partial charge >= 0.3 is 0 Å². The zero-order chi connectivity index (χ0) is 15.6. The number of nitrogens with zero attached hydrogens (tertiary/aromatic N) is 3. The second kappa shape index (κ2) is 5.41. The highest BCUT2D eigenvalue weighted by Gasteiger charge is 2.22. The molecule has 1 N–H and O–H groups in total. The molecule has 0 atom stereocenters. The van der Waals surface area contributed by atoms with E-state index in [0.717, 1.165) is 5.69 Å². The first-order valence-corrected chi connectivity index (χ1v) is 6.68. The van der Waals surface area contributed by atoms with Gasteiger partial charge in [0.2, 0.25) is 0 Å². The molecule has 1 amide bonds. The van der Waals surface area contributed by atoms with Crippen LogP contribution in [0.3, 0.4) is 0 Å². The molecule has 0 saturated carbocycles. The standard InChI is InChI=1S/C16H18N4O/c1-16(2,3)14-9-13(20(4)19-14)15(21)18-12-8-6-5-7-11(12)10-17/h5-9H,1-4H3,(H,18,21). The fourth-order valence-corrected chi connectivity index (χ4v) is 1.92. The van der Waals surface area contributed by atoms with Crippen molar-refractivity contribution in [2.24, 2.45) is 7.05 Å². The van der Waals surface area contributed by atoms with Gasteiger partial charge in [-0.25, -0.2) is 0 Å². The number of aromatic nitrogens is 2. The third-order valence-corrected chi connectivity index (χ3v) is 3.18. The number of hydrogen-bond acceptors (Lipinski definition) is 3. The van der Waals surface area contributed by atoms with Crippen molar-refractivity contribution in [2.45, 2.75) is 26.2 Å².